The van der Waals surface area contributed by atoms with Crippen LogP contribution in [-0.2, 0) is 9.59 Å². The quantitative estimate of drug-likeness (QED) is 0.714. The van der Waals surface area contributed by atoms with Crippen LogP contribution >= 0.6 is 0 Å². The number of nitrogens with zero attached hydrogens (tertiary/aromatic N) is 2. The van der Waals surface area contributed by atoms with E-state index in [1.54, 1.807) is 18.0 Å². The Balaban J connectivity index is 2.78. The number of likely N-dealkylation sites (N-methyl/N-ethyl adjacent to an activating group) is 1. The third-order valence-corrected chi connectivity index (χ3v) is 3.14. The van der Waals surface area contributed by atoms with Crippen molar-refractivity contribution < 1.29 is 14.7 Å². The van der Waals surface area contributed by atoms with Crippen molar-refractivity contribution in [3.63, 3.8) is 0 Å². The molecule has 1 N–H and O–H groups in total. The van der Waals surface area contributed by atoms with E-state index in [0.29, 0.717) is 19.5 Å². The van der Waals surface area contributed by atoms with Gasteiger partial charge in [-0.05, 0) is 13.3 Å². The number of aliphatic carboxylic acids is 1. The normalized spacial score (nSPS) is 26.0. The molecule has 1 heterocycles. The Hall–Kier alpha value is -1.36. The van der Waals surface area contributed by atoms with Gasteiger partial charge in [0.25, 0.3) is 0 Å². The van der Waals surface area contributed by atoms with E-state index in [2.05, 4.69) is 6.58 Å². The number of hydrogen-bond acceptors (Lipinski definition) is 3. The first-order valence-corrected chi connectivity index (χ1v) is 5.80. The third-order valence-electron chi connectivity index (χ3n) is 3.14. The van der Waals surface area contributed by atoms with E-state index >= 15 is 0 Å². The SMILES string of the molecule is C=CCN1C(C)CN(C)C(=O)C1CCC(=O)O. The van der Waals surface area contributed by atoms with Crippen LogP contribution in [0.2, 0.25) is 0 Å². The molecule has 0 radical (unpaired) electrons. The van der Waals surface area contributed by atoms with Gasteiger partial charge in [-0.1, -0.05) is 6.08 Å². The molecule has 1 aliphatic heterocycles. The molecule has 1 fully saturated rings. The van der Waals surface area contributed by atoms with Crippen molar-refractivity contribution in [2.45, 2.75) is 31.8 Å². The maximum atomic E-state index is 12.0. The molecule has 5 nitrogen and oxygen atoms in total. The first kappa shape index (κ1) is 13.7. The monoisotopic (exact) mass is 240 g/mol. The third kappa shape index (κ3) is 3.30. The van der Waals surface area contributed by atoms with Crippen molar-refractivity contribution in [1.29, 1.82) is 0 Å². The summed E-state index contributed by atoms with van der Waals surface area (Å²) in [6.07, 6.45) is 2.13. The molecule has 5 heteroatoms. The van der Waals surface area contributed by atoms with Gasteiger partial charge in [0.2, 0.25) is 5.91 Å². The first-order valence-electron chi connectivity index (χ1n) is 5.80. The molecular weight excluding hydrogens is 220 g/mol. The number of amides is 1. The summed E-state index contributed by atoms with van der Waals surface area (Å²) in [6.45, 7) is 7.01. The van der Waals surface area contributed by atoms with Crippen molar-refractivity contribution >= 4 is 11.9 Å². The highest BCUT2D eigenvalue weighted by Gasteiger charge is 2.36. The van der Waals surface area contributed by atoms with Gasteiger partial charge in [-0.15, -0.1) is 6.58 Å². The molecule has 2 unspecified atom stereocenters. The molecule has 96 valence electrons. The lowest BCUT2D eigenvalue weighted by molar-refractivity contribution is -0.144. The summed E-state index contributed by atoms with van der Waals surface area (Å²) in [4.78, 5) is 26.3. The van der Waals surface area contributed by atoms with Gasteiger partial charge in [0.1, 0.15) is 0 Å². The Morgan fingerprint density at radius 3 is 2.82 bits per heavy atom. The van der Waals surface area contributed by atoms with Crippen molar-refractivity contribution in [3.8, 4) is 0 Å². The van der Waals surface area contributed by atoms with Crippen LogP contribution in [0, 0.1) is 0 Å². The zero-order chi connectivity index (χ0) is 13.0. The molecule has 0 bridgehead atoms. The minimum Gasteiger partial charge on any atom is -0.481 e. The Labute approximate surface area is 102 Å². The molecule has 0 saturated carbocycles. The lowest BCUT2D eigenvalue weighted by Crippen LogP contribution is -2.59. The molecule has 0 spiro atoms. The summed E-state index contributed by atoms with van der Waals surface area (Å²) in [7, 11) is 1.76. The predicted molar refractivity (Wildman–Crippen MR) is 64.7 cm³/mol. The van der Waals surface area contributed by atoms with Crippen molar-refractivity contribution in [3.05, 3.63) is 12.7 Å². The summed E-state index contributed by atoms with van der Waals surface area (Å²) in [5, 5.41) is 8.71. The van der Waals surface area contributed by atoms with E-state index in [4.69, 9.17) is 5.11 Å². The minimum absolute atomic E-state index is 0.00574. The Morgan fingerprint density at radius 1 is 1.65 bits per heavy atom. The maximum absolute atomic E-state index is 12.0. The molecule has 1 saturated heterocycles. The lowest BCUT2D eigenvalue weighted by atomic mass is 10.0. The number of carboxylic acid groups (broad SMARTS) is 1. The fourth-order valence-corrected chi connectivity index (χ4v) is 2.30. The highest BCUT2D eigenvalue weighted by atomic mass is 16.4. The average Bonchev–Trinajstić information content (AvgIpc) is 2.25. The zero-order valence-corrected chi connectivity index (χ0v) is 10.4. The van der Waals surface area contributed by atoms with Gasteiger partial charge in [-0.3, -0.25) is 14.5 Å². The van der Waals surface area contributed by atoms with Crippen molar-refractivity contribution in [1.82, 2.24) is 9.80 Å². The lowest BCUT2D eigenvalue weighted by Gasteiger charge is -2.43. The fraction of sp³-hybridized carbons (Fsp3) is 0.667. The minimum atomic E-state index is -0.864. The number of carbonyl (C=O) groups is 2. The number of carbonyl (C=O) groups excluding carboxylic acids is 1. The van der Waals surface area contributed by atoms with Crippen LogP contribution < -0.4 is 0 Å². The van der Waals surface area contributed by atoms with Gasteiger partial charge in [-0.25, -0.2) is 0 Å². The molecule has 1 aliphatic rings. The Morgan fingerprint density at radius 2 is 2.29 bits per heavy atom. The summed E-state index contributed by atoms with van der Waals surface area (Å²) in [5.74, 6) is -0.858. The smallest absolute Gasteiger partial charge is 0.303 e. The Bertz CT molecular complexity index is 317. The van der Waals surface area contributed by atoms with Crippen LogP contribution in [0.15, 0.2) is 12.7 Å². The first-order chi connectivity index (χ1) is 7.97. The Kier molecular flexibility index (Phi) is 4.69. The molecule has 17 heavy (non-hydrogen) atoms. The van der Waals surface area contributed by atoms with Gasteiger partial charge in [-0.2, -0.15) is 0 Å². The fourth-order valence-electron chi connectivity index (χ4n) is 2.30. The number of hydrogen-bond donors (Lipinski definition) is 1. The molecule has 0 aromatic heterocycles. The van der Waals surface area contributed by atoms with Crippen LogP contribution in [0.1, 0.15) is 19.8 Å². The number of piperazine rings is 1. The van der Waals surface area contributed by atoms with Crippen LogP contribution in [-0.4, -0.2) is 59.0 Å². The molecule has 2 atom stereocenters. The van der Waals surface area contributed by atoms with Crippen LogP contribution in [0.25, 0.3) is 0 Å². The van der Waals surface area contributed by atoms with E-state index < -0.39 is 5.97 Å². The molecule has 1 amide bonds. The van der Waals surface area contributed by atoms with Gasteiger partial charge >= 0.3 is 5.97 Å². The van der Waals surface area contributed by atoms with Gasteiger partial charge in [0.05, 0.1) is 6.04 Å². The average molecular weight is 240 g/mol. The summed E-state index contributed by atoms with van der Waals surface area (Å²) >= 11 is 0. The molecule has 0 aliphatic carbocycles. The standard InChI is InChI=1S/C12H20N2O3/c1-4-7-14-9(2)8-13(3)12(17)10(14)5-6-11(15)16/h4,9-10H,1,5-8H2,2-3H3,(H,15,16). The van der Waals surface area contributed by atoms with Gasteiger partial charge in [0, 0.05) is 32.6 Å². The second kappa shape index (κ2) is 5.82. The summed E-state index contributed by atoms with van der Waals surface area (Å²) in [6, 6.07) is -0.104. The largest absolute Gasteiger partial charge is 0.481 e. The predicted octanol–water partition coefficient (Wildman–Crippen LogP) is 0.568. The summed E-state index contributed by atoms with van der Waals surface area (Å²) in [5.41, 5.74) is 0. The van der Waals surface area contributed by atoms with Crippen molar-refractivity contribution in [2.75, 3.05) is 20.1 Å². The van der Waals surface area contributed by atoms with E-state index in [0.717, 1.165) is 0 Å². The second-order valence-corrected chi connectivity index (χ2v) is 4.50. The number of rotatable bonds is 5. The van der Waals surface area contributed by atoms with E-state index in [1.807, 2.05) is 11.8 Å². The topological polar surface area (TPSA) is 60.9 Å². The zero-order valence-electron chi connectivity index (χ0n) is 10.4. The van der Waals surface area contributed by atoms with Gasteiger partial charge < -0.3 is 10.0 Å². The van der Waals surface area contributed by atoms with Crippen molar-refractivity contribution in [2.24, 2.45) is 0 Å². The maximum Gasteiger partial charge on any atom is 0.303 e. The van der Waals surface area contributed by atoms with E-state index in [-0.39, 0.29) is 24.4 Å². The van der Waals surface area contributed by atoms with Crippen LogP contribution in [0.4, 0.5) is 0 Å². The summed E-state index contributed by atoms with van der Waals surface area (Å²) < 4.78 is 0. The number of carboxylic acids is 1. The van der Waals surface area contributed by atoms with E-state index in [1.165, 1.54) is 0 Å². The van der Waals surface area contributed by atoms with Gasteiger partial charge in [0.15, 0.2) is 0 Å². The van der Waals surface area contributed by atoms with Crippen LogP contribution in [0.5, 0.6) is 0 Å². The molecule has 1 rings (SSSR count). The second-order valence-electron chi connectivity index (χ2n) is 4.50. The molecule has 0 aromatic carbocycles. The van der Waals surface area contributed by atoms with Crippen LogP contribution in [0.3, 0.4) is 0 Å². The van der Waals surface area contributed by atoms with E-state index in [9.17, 15) is 9.59 Å². The molecule has 0 aromatic rings. The highest BCUT2D eigenvalue weighted by molar-refractivity contribution is 5.83. The molecular formula is C12H20N2O3. The highest BCUT2D eigenvalue weighted by Crippen LogP contribution is 2.19.